The lowest BCUT2D eigenvalue weighted by atomic mass is 10.0. The fourth-order valence-corrected chi connectivity index (χ4v) is 4.86. The highest BCUT2D eigenvalue weighted by Gasteiger charge is 2.39. The van der Waals surface area contributed by atoms with Crippen LogP contribution in [0.5, 0.6) is 0 Å². The summed E-state index contributed by atoms with van der Waals surface area (Å²) in [5.74, 6) is -13.0. The molecule has 0 saturated carbocycles. The van der Waals surface area contributed by atoms with Crippen LogP contribution in [0.2, 0.25) is 0 Å². The molecule has 7 amide bonds. The quantitative estimate of drug-likeness (QED) is 0.0493. The topological polar surface area (TPSA) is 370 Å². The number of aliphatic carboxylic acids is 4. The molecule has 0 aromatic carbocycles. The fourth-order valence-electron chi connectivity index (χ4n) is 4.86. The molecule has 0 bridgehead atoms. The SMILES string of the molecule is CC(C)C(NC(=O)CN)C(=O)N1CCCC1C(=O)NCC(=O)NC(CC(=O)O)C(=O)NCC(=O)NC(CC(=O)O)C(=O)NC(CCC(=O)O)C(=O)O. The Morgan fingerprint density at radius 1 is 0.692 bits per heavy atom. The van der Waals surface area contributed by atoms with E-state index in [2.05, 4.69) is 16.0 Å². The van der Waals surface area contributed by atoms with Gasteiger partial charge in [-0.3, -0.25) is 47.9 Å². The fraction of sp³-hybridized carbons (Fsp3) is 0.621. The average molecular weight is 745 g/mol. The first-order chi connectivity index (χ1) is 24.3. The highest BCUT2D eigenvalue weighted by Crippen LogP contribution is 2.20. The number of carbonyl (C=O) groups is 11. The van der Waals surface area contributed by atoms with Crippen molar-refractivity contribution in [3.63, 3.8) is 0 Å². The van der Waals surface area contributed by atoms with Gasteiger partial charge in [-0.25, -0.2) is 4.79 Å². The highest BCUT2D eigenvalue weighted by molar-refractivity contribution is 5.97. The molecule has 1 fully saturated rings. The largest absolute Gasteiger partial charge is 0.481 e. The van der Waals surface area contributed by atoms with Crippen LogP contribution in [0.15, 0.2) is 0 Å². The van der Waals surface area contributed by atoms with Crippen LogP contribution in [-0.4, -0.2) is 147 Å². The molecule has 1 heterocycles. The zero-order valence-electron chi connectivity index (χ0n) is 28.3. The van der Waals surface area contributed by atoms with Gasteiger partial charge in [0.15, 0.2) is 0 Å². The van der Waals surface area contributed by atoms with Gasteiger partial charge < -0.3 is 63.0 Å². The summed E-state index contributed by atoms with van der Waals surface area (Å²) in [5.41, 5.74) is 5.33. The van der Waals surface area contributed by atoms with E-state index in [0.29, 0.717) is 6.42 Å². The monoisotopic (exact) mass is 744 g/mol. The van der Waals surface area contributed by atoms with Crippen molar-refractivity contribution in [2.75, 3.05) is 26.2 Å². The van der Waals surface area contributed by atoms with Gasteiger partial charge in [0.25, 0.3) is 0 Å². The number of carboxylic acids is 4. The van der Waals surface area contributed by atoms with Gasteiger partial charge >= 0.3 is 23.9 Å². The van der Waals surface area contributed by atoms with Crippen molar-refractivity contribution in [3.05, 3.63) is 0 Å². The predicted molar refractivity (Wildman–Crippen MR) is 171 cm³/mol. The van der Waals surface area contributed by atoms with E-state index in [9.17, 15) is 63.0 Å². The minimum atomic E-state index is -1.88. The lowest BCUT2D eigenvalue weighted by molar-refractivity contribution is -0.144. The van der Waals surface area contributed by atoms with Crippen LogP contribution in [0.4, 0.5) is 0 Å². The zero-order chi connectivity index (χ0) is 39.7. The number of likely N-dealkylation sites (tertiary alicyclic amines) is 1. The minimum absolute atomic E-state index is 0.191. The number of rotatable bonds is 22. The Morgan fingerprint density at radius 2 is 1.23 bits per heavy atom. The van der Waals surface area contributed by atoms with Crippen molar-refractivity contribution < 1.29 is 73.2 Å². The number of hydrogen-bond acceptors (Lipinski definition) is 12. The van der Waals surface area contributed by atoms with Gasteiger partial charge in [0.1, 0.15) is 30.2 Å². The Morgan fingerprint density at radius 3 is 1.71 bits per heavy atom. The molecule has 290 valence electrons. The van der Waals surface area contributed by atoms with Crippen molar-refractivity contribution in [2.24, 2.45) is 11.7 Å². The number of amides is 7. The van der Waals surface area contributed by atoms with Crippen LogP contribution in [0.3, 0.4) is 0 Å². The first-order valence-corrected chi connectivity index (χ1v) is 15.9. The lowest BCUT2D eigenvalue weighted by Gasteiger charge is -2.30. The molecule has 23 heteroatoms. The van der Waals surface area contributed by atoms with Gasteiger partial charge in [-0.05, 0) is 25.2 Å². The van der Waals surface area contributed by atoms with Crippen LogP contribution in [0.25, 0.3) is 0 Å². The average Bonchev–Trinajstić information content (AvgIpc) is 3.55. The van der Waals surface area contributed by atoms with Crippen LogP contribution >= 0.6 is 0 Å². The third kappa shape index (κ3) is 15.3. The maximum Gasteiger partial charge on any atom is 0.326 e. The Labute approximate surface area is 295 Å². The molecule has 1 aliphatic rings. The van der Waals surface area contributed by atoms with Crippen LogP contribution < -0.4 is 37.6 Å². The van der Waals surface area contributed by atoms with E-state index < -0.39 is 134 Å². The van der Waals surface area contributed by atoms with Crippen molar-refractivity contribution in [2.45, 2.75) is 82.6 Å². The van der Waals surface area contributed by atoms with E-state index in [0.717, 1.165) is 0 Å². The normalized spacial score (nSPS) is 15.9. The maximum absolute atomic E-state index is 13.2. The predicted octanol–water partition coefficient (Wildman–Crippen LogP) is -5.34. The summed E-state index contributed by atoms with van der Waals surface area (Å²) in [6, 6.07) is -7.38. The van der Waals surface area contributed by atoms with Crippen molar-refractivity contribution >= 4 is 65.2 Å². The standard InChI is InChI=1S/C29H44N8O15/c1-13(2)24(36-18(38)10-30)28(50)37-7-3-4-17(37)27(49)32-12-20(40)33-15(8-22(43)44)25(47)31-11-19(39)34-16(9-23(45)46)26(48)35-14(29(51)52)5-6-21(41)42/h13-17,24H,3-12,30H2,1-2H3,(H,31,47)(H,32,49)(H,33,40)(H,34,39)(H,35,48)(H,36,38)(H,41,42)(H,43,44)(H,45,46)(H,51,52). The number of carbonyl (C=O) groups excluding carboxylic acids is 7. The number of carboxylic acid groups (broad SMARTS) is 4. The van der Waals surface area contributed by atoms with Gasteiger partial charge in [0, 0.05) is 13.0 Å². The first kappa shape index (κ1) is 44.2. The lowest BCUT2D eigenvalue weighted by Crippen LogP contribution is -2.57. The molecule has 23 nitrogen and oxygen atoms in total. The van der Waals surface area contributed by atoms with Crippen LogP contribution in [0.1, 0.15) is 52.4 Å². The molecule has 0 radical (unpaired) electrons. The molecule has 0 aromatic heterocycles. The van der Waals surface area contributed by atoms with Crippen LogP contribution in [0, 0.1) is 5.92 Å². The first-order valence-electron chi connectivity index (χ1n) is 15.9. The van der Waals surface area contributed by atoms with Crippen LogP contribution in [-0.2, 0) is 52.7 Å². The number of nitrogens with zero attached hydrogens (tertiary/aromatic N) is 1. The third-order valence-corrected chi connectivity index (χ3v) is 7.44. The minimum Gasteiger partial charge on any atom is -0.481 e. The van der Waals surface area contributed by atoms with E-state index in [4.69, 9.17) is 15.9 Å². The molecule has 12 N–H and O–H groups in total. The van der Waals surface area contributed by atoms with E-state index in [1.54, 1.807) is 13.8 Å². The van der Waals surface area contributed by atoms with Gasteiger partial charge in [-0.15, -0.1) is 0 Å². The molecule has 0 spiro atoms. The van der Waals surface area contributed by atoms with E-state index >= 15 is 0 Å². The molecule has 1 rings (SSSR count). The smallest absolute Gasteiger partial charge is 0.326 e. The Balaban J connectivity index is 2.84. The molecule has 52 heavy (non-hydrogen) atoms. The summed E-state index contributed by atoms with van der Waals surface area (Å²) >= 11 is 0. The second-order valence-corrected chi connectivity index (χ2v) is 11.9. The molecule has 5 atom stereocenters. The summed E-state index contributed by atoms with van der Waals surface area (Å²) in [7, 11) is 0. The van der Waals surface area contributed by atoms with Gasteiger partial charge in [-0.1, -0.05) is 13.8 Å². The number of nitrogens with one attached hydrogen (secondary N) is 6. The number of nitrogens with two attached hydrogens (primary N) is 1. The zero-order valence-corrected chi connectivity index (χ0v) is 28.3. The van der Waals surface area contributed by atoms with Gasteiger partial charge in [-0.2, -0.15) is 0 Å². The summed E-state index contributed by atoms with van der Waals surface area (Å²) in [6.07, 6.45) is -2.57. The molecule has 5 unspecified atom stereocenters. The van der Waals surface area contributed by atoms with E-state index in [-0.39, 0.29) is 25.4 Å². The molecule has 1 saturated heterocycles. The third-order valence-electron chi connectivity index (χ3n) is 7.44. The second-order valence-electron chi connectivity index (χ2n) is 11.9. The maximum atomic E-state index is 13.2. The van der Waals surface area contributed by atoms with Crippen molar-refractivity contribution in [1.82, 2.24) is 36.8 Å². The summed E-state index contributed by atoms with van der Waals surface area (Å²) in [5, 5.41) is 49.2. The summed E-state index contributed by atoms with van der Waals surface area (Å²) in [6.45, 7) is 1.48. The number of hydrogen-bond donors (Lipinski definition) is 11. The van der Waals surface area contributed by atoms with E-state index in [1.165, 1.54) is 4.90 Å². The molecule has 0 aromatic rings. The Kier molecular flexibility index (Phi) is 18.1. The molecular formula is C29H44N8O15. The highest BCUT2D eigenvalue weighted by atomic mass is 16.4. The molecular weight excluding hydrogens is 700 g/mol. The van der Waals surface area contributed by atoms with Gasteiger partial charge in [0.2, 0.25) is 41.4 Å². The Bertz CT molecular complexity index is 1400. The molecule has 1 aliphatic heterocycles. The second kappa shape index (κ2) is 21.4. The summed E-state index contributed by atoms with van der Waals surface area (Å²) in [4.78, 5) is 134. The molecule has 0 aliphatic carbocycles. The van der Waals surface area contributed by atoms with E-state index in [1.807, 2.05) is 16.0 Å². The van der Waals surface area contributed by atoms with Gasteiger partial charge in [0.05, 0.1) is 32.5 Å². The Hall–Kier alpha value is -5.87. The van der Waals surface area contributed by atoms with Crippen molar-refractivity contribution in [3.8, 4) is 0 Å². The van der Waals surface area contributed by atoms with Crippen molar-refractivity contribution in [1.29, 1.82) is 0 Å². The summed E-state index contributed by atoms with van der Waals surface area (Å²) < 4.78 is 0.